The Morgan fingerprint density at radius 3 is 2.45 bits per heavy atom. The molecule has 0 bridgehead atoms. The van der Waals surface area contributed by atoms with Crippen LogP contribution in [0.3, 0.4) is 0 Å². The predicted molar refractivity (Wildman–Crippen MR) is 127 cm³/mol. The summed E-state index contributed by atoms with van der Waals surface area (Å²) in [6, 6.07) is 13.6. The van der Waals surface area contributed by atoms with Gasteiger partial charge in [-0.05, 0) is 60.0 Å². The zero-order valence-corrected chi connectivity index (χ0v) is 18.8. The summed E-state index contributed by atoms with van der Waals surface area (Å²) in [5, 5.41) is 0.947. The van der Waals surface area contributed by atoms with Crippen molar-refractivity contribution in [1.29, 1.82) is 0 Å². The molecule has 0 amide bonds. The molecule has 0 saturated carbocycles. The maximum absolute atomic E-state index is 12.8. The van der Waals surface area contributed by atoms with E-state index in [-0.39, 0.29) is 5.03 Å². The van der Waals surface area contributed by atoms with Crippen molar-refractivity contribution in [3.05, 3.63) is 85.5 Å². The first-order chi connectivity index (χ1) is 15.9. The predicted octanol–water partition coefficient (Wildman–Crippen LogP) is 4.20. The van der Waals surface area contributed by atoms with E-state index in [2.05, 4.69) is 24.7 Å². The maximum Gasteiger partial charge on any atom is 0.281 e. The van der Waals surface area contributed by atoms with Crippen LogP contribution in [0, 0.1) is 6.92 Å². The minimum Gasteiger partial charge on any atom is -0.337 e. The average Bonchev–Trinajstić information content (AvgIpc) is 3.18. The van der Waals surface area contributed by atoms with Crippen molar-refractivity contribution in [3.63, 3.8) is 0 Å². The first-order valence-corrected chi connectivity index (χ1v) is 11.7. The Morgan fingerprint density at radius 1 is 0.879 bits per heavy atom. The number of fused-ring (bicyclic) bond motifs is 1. The molecule has 0 saturated heterocycles. The quantitative estimate of drug-likeness (QED) is 0.425. The van der Waals surface area contributed by atoms with Crippen LogP contribution in [0.4, 0.5) is 5.69 Å². The van der Waals surface area contributed by atoms with E-state index in [4.69, 9.17) is 0 Å². The van der Waals surface area contributed by atoms with Crippen LogP contribution >= 0.6 is 0 Å². The summed E-state index contributed by atoms with van der Waals surface area (Å²) >= 11 is 0. The normalized spacial score (nSPS) is 11.6. The summed E-state index contributed by atoms with van der Waals surface area (Å²) in [5.41, 5.74) is 4.98. The number of benzene rings is 1. The molecule has 0 aliphatic rings. The average molecular weight is 457 g/mol. The second-order valence-electron chi connectivity index (χ2n) is 7.63. The van der Waals surface area contributed by atoms with Gasteiger partial charge in [0.1, 0.15) is 5.82 Å². The second kappa shape index (κ2) is 8.10. The van der Waals surface area contributed by atoms with Crippen molar-refractivity contribution < 1.29 is 8.42 Å². The Labute approximate surface area is 191 Å². The lowest BCUT2D eigenvalue weighted by atomic mass is 9.98. The van der Waals surface area contributed by atoms with E-state index in [1.54, 1.807) is 49.4 Å². The van der Waals surface area contributed by atoms with Crippen LogP contribution in [0.2, 0.25) is 0 Å². The number of hydrogen-bond acceptors (Lipinski definition) is 6. The highest BCUT2D eigenvalue weighted by Crippen LogP contribution is 2.31. The second-order valence-corrected chi connectivity index (χ2v) is 9.26. The van der Waals surface area contributed by atoms with Crippen LogP contribution in [0.1, 0.15) is 5.82 Å². The van der Waals surface area contributed by atoms with Crippen molar-refractivity contribution in [1.82, 2.24) is 24.5 Å². The highest BCUT2D eigenvalue weighted by molar-refractivity contribution is 7.92. The summed E-state index contributed by atoms with van der Waals surface area (Å²) in [6.45, 7) is 1.75. The van der Waals surface area contributed by atoms with Gasteiger partial charge in [-0.25, -0.2) is 4.98 Å². The fourth-order valence-corrected chi connectivity index (χ4v) is 4.70. The highest BCUT2D eigenvalue weighted by atomic mass is 32.2. The van der Waals surface area contributed by atoms with E-state index in [1.165, 1.54) is 12.4 Å². The Morgan fingerprint density at radius 2 is 1.70 bits per heavy atom. The van der Waals surface area contributed by atoms with Crippen molar-refractivity contribution in [2.24, 2.45) is 7.05 Å². The topological polar surface area (TPSA) is 103 Å². The third-order valence-corrected chi connectivity index (χ3v) is 6.67. The number of sulfonamides is 1. The first kappa shape index (κ1) is 20.8. The molecule has 1 aromatic carbocycles. The minimum atomic E-state index is -3.83. The highest BCUT2D eigenvalue weighted by Gasteiger charge is 2.19. The standard InChI is InChI=1S/C24H20N6O2S/c1-16-28-24(15-30(16)2)33(31,32)29-20-11-19(13-26-14-20)18-3-4-23-22(12-18)21(7-10-27-23)17-5-8-25-9-6-17/h3-15,29H,1-2H3. The summed E-state index contributed by atoms with van der Waals surface area (Å²) in [7, 11) is -2.08. The molecule has 0 spiro atoms. The van der Waals surface area contributed by atoms with E-state index < -0.39 is 10.0 Å². The molecule has 0 atom stereocenters. The maximum atomic E-state index is 12.8. The molecule has 0 fully saturated rings. The molecule has 0 radical (unpaired) electrons. The van der Waals surface area contributed by atoms with Gasteiger partial charge in [0.15, 0.2) is 5.03 Å². The smallest absolute Gasteiger partial charge is 0.281 e. The zero-order valence-electron chi connectivity index (χ0n) is 18.0. The number of aromatic nitrogens is 5. The van der Waals surface area contributed by atoms with Gasteiger partial charge in [0.05, 0.1) is 17.4 Å². The molecule has 4 aromatic heterocycles. The van der Waals surface area contributed by atoms with Crippen LogP contribution in [0.15, 0.2) is 84.7 Å². The van der Waals surface area contributed by atoms with Gasteiger partial charge in [0, 0.05) is 49.0 Å². The Hall–Kier alpha value is -4.11. The lowest BCUT2D eigenvalue weighted by molar-refractivity contribution is 0.598. The number of hydrogen-bond donors (Lipinski definition) is 1. The molecule has 1 N–H and O–H groups in total. The van der Waals surface area contributed by atoms with Gasteiger partial charge >= 0.3 is 0 Å². The van der Waals surface area contributed by atoms with Gasteiger partial charge in [-0.3, -0.25) is 19.7 Å². The van der Waals surface area contributed by atoms with E-state index in [1.807, 2.05) is 36.4 Å². The van der Waals surface area contributed by atoms with Gasteiger partial charge < -0.3 is 4.57 Å². The molecule has 0 aliphatic carbocycles. The molecule has 0 aliphatic heterocycles. The fraction of sp³-hybridized carbons (Fsp3) is 0.0833. The number of nitrogens with one attached hydrogen (secondary N) is 1. The van der Waals surface area contributed by atoms with E-state index >= 15 is 0 Å². The first-order valence-electron chi connectivity index (χ1n) is 10.2. The van der Waals surface area contributed by atoms with Crippen LogP contribution in [-0.4, -0.2) is 32.9 Å². The van der Waals surface area contributed by atoms with Crippen LogP contribution in [0.25, 0.3) is 33.2 Å². The molecule has 33 heavy (non-hydrogen) atoms. The van der Waals surface area contributed by atoms with Crippen LogP contribution < -0.4 is 4.72 Å². The number of anilines is 1. The van der Waals surface area contributed by atoms with Gasteiger partial charge in [0.2, 0.25) is 0 Å². The van der Waals surface area contributed by atoms with Crippen molar-refractivity contribution in [2.45, 2.75) is 11.9 Å². The minimum absolute atomic E-state index is 0.0355. The van der Waals surface area contributed by atoms with E-state index in [0.717, 1.165) is 33.2 Å². The summed E-state index contributed by atoms with van der Waals surface area (Å²) < 4.78 is 29.8. The van der Waals surface area contributed by atoms with Crippen molar-refractivity contribution >= 4 is 26.6 Å². The number of nitrogens with zero attached hydrogens (tertiary/aromatic N) is 5. The van der Waals surface area contributed by atoms with Gasteiger partial charge in [-0.2, -0.15) is 8.42 Å². The molecular formula is C24H20N6O2S. The number of rotatable bonds is 5. The molecule has 9 heteroatoms. The lowest BCUT2D eigenvalue weighted by Gasteiger charge is -2.10. The molecular weight excluding hydrogens is 436 g/mol. The molecule has 4 heterocycles. The third kappa shape index (κ3) is 4.06. The zero-order chi connectivity index (χ0) is 23.0. The van der Waals surface area contributed by atoms with Gasteiger partial charge in [-0.15, -0.1) is 0 Å². The van der Waals surface area contributed by atoms with E-state index in [0.29, 0.717) is 11.5 Å². The molecule has 164 valence electrons. The van der Waals surface area contributed by atoms with Crippen LogP contribution in [-0.2, 0) is 17.1 Å². The molecule has 5 aromatic rings. The summed E-state index contributed by atoms with van der Waals surface area (Å²) in [5.74, 6) is 0.608. The Kier molecular flexibility index (Phi) is 5.10. The molecule has 8 nitrogen and oxygen atoms in total. The monoisotopic (exact) mass is 456 g/mol. The largest absolute Gasteiger partial charge is 0.337 e. The molecule has 0 unspecified atom stereocenters. The van der Waals surface area contributed by atoms with Gasteiger partial charge in [0.25, 0.3) is 10.0 Å². The lowest BCUT2D eigenvalue weighted by Crippen LogP contribution is -2.13. The number of aryl methyl sites for hydroxylation is 2. The van der Waals surface area contributed by atoms with Crippen molar-refractivity contribution in [3.8, 4) is 22.3 Å². The Bertz CT molecular complexity index is 1560. The summed E-state index contributed by atoms with van der Waals surface area (Å²) in [6.07, 6.45) is 9.95. The SMILES string of the molecule is Cc1nc(S(=O)(=O)Nc2cncc(-c3ccc4nccc(-c5ccncc5)c4c3)c2)cn1C. The number of imidazole rings is 1. The Balaban J connectivity index is 1.53. The van der Waals surface area contributed by atoms with Crippen LogP contribution in [0.5, 0.6) is 0 Å². The third-order valence-electron chi connectivity index (χ3n) is 5.42. The summed E-state index contributed by atoms with van der Waals surface area (Å²) in [4.78, 5) is 16.9. The van der Waals surface area contributed by atoms with Crippen molar-refractivity contribution in [2.75, 3.05) is 4.72 Å². The fourth-order valence-electron chi connectivity index (χ4n) is 3.63. The van der Waals surface area contributed by atoms with E-state index in [9.17, 15) is 8.42 Å². The van der Waals surface area contributed by atoms with Gasteiger partial charge in [-0.1, -0.05) is 6.07 Å². The molecule has 5 rings (SSSR count). The number of pyridine rings is 3.